The van der Waals surface area contributed by atoms with Crippen molar-refractivity contribution in [3.63, 3.8) is 0 Å². The van der Waals surface area contributed by atoms with E-state index >= 15 is 0 Å². The highest BCUT2D eigenvalue weighted by atomic mass is 16.6. The zero-order valence-corrected chi connectivity index (χ0v) is 25.7. The minimum atomic E-state index is -0.519. The third kappa shape index (κ3) is 11.6. The Balaban J connectivity index is 1.52. The Kier molecular flexibility index (Phi) is 12.5. The minimum absolute atomic E-state index is 0.111. The molecule has 3 aromatic carbocycles. The van der Waals surface area contributed by atoms with Gasteiger partial charge in [0.25, 0.3) is 5.91 Å². The molecule has 0 spiro atoms. The van der Waals surface area contributed by atoms with Gasteiger partial charge >= 0.3 is 5.97 Å². The largest absolute Gasteiger partial charge is 0.460 e. The second-order valence-electron chi connectivity index (χ2n) is 11.9. The summed E-state index contributed by atoms with van der Waals surface area (Å²) in [5, 5.41) is 2.82. The summed E-state index contributed by atoms with van der Waals surface area (Å²) in [6.45, 7) is 10.4. The van der Waals surface area contributed by atoms with E-state index in [1.54, 1.807) is 24.3 Å². The number of hydrogen-bond acceptors (Lipinski definition) is 5. The molecule has 1 amide bonds. The number of benzene rings is 3. The molecule has 0 saturated heterocycles. The second-order valence-corrected chi connectivity index (χ2v) is 11.9. The van der Waals surface area contributed by atoms with E-state index in [2.05, 4.69) is 67.7 Å². The number of ether oxygens (including phenoxy) is 2. The van der Waals surface area contributed by atoms with Crippen LogP contribution in [0.25, 0.3) is 0 Å². The predicted octanol–water partition coefficient (Wildman–Crippen LogP) is 6.85. The summed E-state index contributed by atoms with van der Waals surface area (Å²) in [5.74, 6) is -0.557. The van der Waals surface area contributed by atoms with Crippen LogP contribution in [0.4, 0.5) is 0 Å². The SMILES string of the molecule is Cc1ccc(CCC(CCc2ccc(C)cc2)C(=O)c2ccc(C(=O)NCCOCCC(=O)OC(C)(C)C)cc2)cc1. The quantitative estimate of drug-likeness (QED) is 0.123. The fourth-order valence-corrected chi connectivity index (χ4v) is 4.61. The molecule has 6 heteroatoms. The molecule has 6 nitrogen and oxygen atoms in total. The van der Waals surface area contributed by atoms with Crippen LogP contribution in [0.2, 0.25) is 0 Å². The first-order valence-corrected chi connectivity index (χ1v) is 14.8. The highest BCUT2D eigenvalue weighted by molar-refractivity contribution is 6.00. The molecule has 0 aliphatic heterocycles. The van der Waals surface area contributed by atoms with E-state index in [9.17, 15) is 14.4 Å². The van der Waals surface area contributed by atoms with Crippen LogP contribution in [-0.4, -0.2) is 43.0 Å². The monoisotopic (exact) mass is 571 g/mol. The summed E-state index contributed by atoms with van der Waals surface area (Å²) in [4.78, 5) is 38.0. The maximum atomic E-state index is 13.6. The molecule has 0 fully saturated rings. The van der Waals surface area contributed by atoms with Crippen molar-refractivity contribution in [1.82, 2.24) is 5.32 Å². The zero-order chi connectivity index (χ0) is 30.5. The van der Waals surface area contributed by atoms with E-state index in [4.69, 9.17) is 9.47 Å². The van der Waals surface area contributed by atoms with Crippen LogP contribution in [0, 0.1) is 19.8 Å². The molecule has 3 rings (SSSR count). The van der Waals surface area contributed by atoms with Gasteiger partial charge in [-0.05, 0) is 83.6 Å². The van der Waals surface area contributed by atoms with E-state index in [0.717, 1.165) is 25.7 Å². The molecular weight excluding hydrogens is 526 g/mol. The van der Waals surface area contributed by atoms with Gasteiger partial charge < -0.3 is 14.8 Å². The summed E-state index contributed by atoms with van der Waals surface area (Å²) in [6, 6.07) is 23.9. The molecule has 0 aliphatic carbocycles. The van der Waals surface area contributed by atoms with E-state index in [1.807, 2.05) is 20.8 Å². The van der Waals surface area contributed by atoms with Crippen molar-refractivity contribution in [2.45, 2.75) is 72.3 Å². The smallest absolute Gasteiger partial charge is 0.308 e. The second kappa shape index (κ2) is 16.0. The molecule has 0 atom stereocenters. The first-order chi connectivity index (χ1) is 20.0. The minimum Gasteiger partial charge on any atom is -0.460 e. The highest BCUT2D eigenvalue weighted by Gasteiger charge is 2.21. The highest BCUT2D eigenvalue weighted by Crippen LogP contribution is 2.22. The number of Topliss-reactive ketones (excluding diaryl/α,β-unsaturated/α-hetero) is 1. The van der Waals surface area contributed by atoms with Crippen molar-refractivity contribution in [2.75, 3.05) is 19.8 Å². The molecule has 0 aromatic heterocycles. The number of carbonyl (C=O) groups is 3. The molecule has 0 bridgehead atoms. The van der Waals surface area contributed by atoms with E-state index < -0.39 is 5.60 Å². The number of hydrogen-bond donors (Lipinski definition) is 1. The van der Waals surface area contributed by atoms with Gasteiger partial charge in [0.15, 0.2) is 5.78 Å². The van der Waals surface area contributed by atoms with Crippen molar-refractivity contribution in [3.05, 3.63) is 106 Å². The van der Waals surface area contributed by atoms with Gasteiger partial charge in [-0.3, -0.25) is 14.4 Å². The molecule has 0 unspecified atom stereocenters. The average molecular weight is 572 g/mol. The number of aryl methyl sites for hydroxylation is 4. The van der Waals surface area contributed by atoms with Crippen molar-refractivity contribution >= 4 is 17.7 Å². The van der Waals surface area contributed by atoms with Crippen LogP contribution in [-0.2, 0) is 27.1 Å². The van der Waals surface area contributed by atoms with Crippen LogP contribution in [0.5, 0.6) is 0 Å². The Morgan fingerprint density at radius 3 is 1.71 bits per heavy atom. The Morgan fingerprint density at radius 1 is 0.714 bits per heavy atom. The number of rotatable bonds is 15. The Morgan fingerprint density at radius 2 is 1.21 bits per heavy atom. The van der Waals surface area contributed by atoms with Crippen LogP contribution in [0.3, 0.4) is 0 Å². The molecule has 1 N–H and O–H groups in total. The van der Waals surface area contributed by atoms with Crippen LogP contribution in [0.1, 0.15) is 83.0 Å². The molecule has 0 heterocycles. The summed E-state index contributed by atoms with van der Waals surface area (Å²) in [5.41, 5.74) is 5.49. The fraction of sp³-hybridized carbons (Fsp3) is 0.417. The maximum Gasteiger partial charge on any atom is 0.308 e. The van der Waals surface area contributed by atoms with Gasteiger partial charge in [-0.2, -0.15) is 0 Å². The van der Waals surface area contributed by atoms with Crippen molar-refractivity contribution < 1.29 is 23.9 Å². The Bertz CT molecular complexity index is 1240. The van der Waals surface area contributed by atoms with Gasteiger partial charge in [0.05, 0.1) is 19.6 Å². The lowest BCUT2D eigenvalue weighted by Gasteiger charge is -2.19. The van der Waals surface area contributed by atoms with E-state index in [0.29, 0.717) is 17.7 Å². The first-order valence-electron chi connectivity index (χ1n) is 14.8. The lowest BCUT2D eigenvalue weighted by molar-refractivity contribution is -0.156. The standard InChI is InChI=1S/C36H45NO5/c1-26-6-10-28(11-7-26)14-16-30(17-15-29-12-8-27(2)9-13-29)34(39)31-18-20-32(21-19-31)35(40)37-23-25-41-24-22-33(38)42-36(3,4)5/h6-13,18-21,30H,14-17,22-25H2,1-5H3,(H,37,40). The fourth-order valence-electron chi connectivity index (χ4n) is 4.61. The van der Waals surface area contributed by atoms with Gasteiger partial charge in [-0.1, -0.05) is 71.8 Å². The van der Waals surface area contributed by atoms with Crippen LogP contribution < -0.4 is 5.32 Å². The lowest BCUT2D eigenvalue weighted by Crippen LogP contribution is -2.28. The average Bonchev–Trinajstić information content (AvgIpc) is 2.95. The molecule has 0 aliphatic rings. The van der Waals surface area contributed by atoms with Crippen LogP contribution in [0.15, 0.2) is 72.8 Å². The summed E-state index contributed by atoms with van der Waals surface area (Å²) in [7, 11) is 0. The summed E-state index contributed by atoms with van der Waals surface area (Å²) < 4.78 is 10.7. The van der Waals surface area contributed by atoms with Gasteiger partial charge in [0, 0.05) is 23.6 Å². The molecule has 3 aromatic rings. The van der Waals surface area contributed by atoms with Crippen molar-refractivity contribution in [2.24, 2.45) is 5.92 Å². The molecular formula is C36H45NO5. The van der Waals surface area contributed by atoms with Gasteiger partial charge in [-0.15, -0.1) is 0 Å². The van der Waals surface area contributed by atoms with E-state index in [1.165, 1.54) is 22.3 Å². The zero-order valence-electron chi connectivity index (χ0n) is 25.7. The topological polar surface area (TPSA) is 81.7 Å². The summed E-state index contributed by atoms with van der Waals surface area (Å²) >= 11 is 0. The number of esters is 1. The molecule has 0 radical (unpaired) electrons. The first kappa shape index (κ1) is 32.7. The van der Waals surface area contributed by atoms with Crippen molar-refractivity contribution in [3.8, 4) is 0 Å². The van der Waals surface area contributed by atoms with E-state index in [-0.39, 0.29) is 43.2 Å². The number of carbonyl (C=O) groups excluding carboxylic acids is 3. The molecule has 42 heavy (non-hydrogen) atoms. The number of nitrogens with one attached hydrogen (secondary N) is 1. The molecule has 0 saturated carbocycles. The van der Waals surface area contributed by atoms with Gasteiger partial charge in [0.2, 0.25) is 0 Å². The normalized spacial score (nSPS) is 11.4. The third-order valence-electron chi connectivity index (χ3n) is 7.01. The van der Waals surface area contributed by atoms with Crippen LogP contribution >= 0.6 is 0 Å². The van der Waals surface area contributed by atoms with Crippen molar-refractivity contribution in [1.29, 1.82) is 0 Å². The number of ketones is 1. The summed E-state index contributed by atoms with van der Waals surface area (Å²) in [6.07, 6.45) is 3.38. The number of amides is 1. The Hall–Kier alpha value is -3.77. The lowest BCUT2D eigenvalue weighted by atomic mass is 9.86. The van der Waals surface area contributed by atoms with Gasteiger partial charge in [0.1, 0.15) is 5.60 Å². The predicted molar refractivity (Wildman–Crippen MR) is 167 cm³/mol. The Labute approximate surface area is 250 Å². The van der Waals surface area contributed by atoms with Gasteiger partial charge in [-0.25, -0.2) is 0 Å². The third-order valence-corrected chi connectivity index (χ3v) is 7.01. The molecule has 224 valence electrons. The maximum absolute atomic E-state index is 13.6.